The zero-order valence-corrected chi connectivity index (χ0v) is 28.1. The molecule has 0 saturated carbocycles. The minimum Gasteiger partial charge on any atom is -0.485 e. The van der Waals surface area contributed by atoms with Crippen LogP contribution in [-0.4, -0.2) is 6.10 Å². The quantitative estimate of drug-likeness (QED) is 0.183. The molecule has 0 amide bonds. The highest BCUT2D eigenvalue weighted by atomic mass is 16.5. The number of allylic oxidation sites excluding steroid dienone is 2. The Hall–Kier alpha value is -6.78. The fraction of sp³-hybridized carbons (Fsp3) is 0.0417. The summed E-state index contributed by atoms with van der Waals surface area (Å²) in [6.45, 7) is 0. The average molecular weight is 670 g/mol. The van der Waals surface area contributed by atoms with E-state index in [1.54, 1.807) is 0 Å². The number of anilines is 2. The Bertz CT molecular complexity index is 2860. The van der Waals surface area contributed by atoms with Crippen LogP contribution in [0.15, 0.2) is 190 Å². The molecule has 2 atom stereocenters. The molecule has 1 aliphatic heterocycles. The van der Waals surface area contributed by atoms with Crippen LogP contribution in [0, 0.1) is 0 Å². The Morgan fingerprint density at radius 1 is 0.481 bits per heavy atom. The molecule has 4 nitrogen and oxygen atoms in total. The third kappa shape index (κ3) is 4.41. The fourth-order valence-corrected chi connectivity index (χ4v) is 8.38. The van der Waals surface area contributed by atoms with Crippen LogP contribution >= 0.6 is 0 Å². The highest BCUT2D eigenvalue weighted by molar-refractivity contribution is 6.15. The molecule has 0 fully saturated rings. The standard InChI is InChI=1S/C48H31NO3/c1-3-12-32(13-4-1)49(33-14-5-2-6-15-33)39-19-11-23-45-48(39)47-35(18-10-22-44(47)52-45)31-25-27-42-38(29-31)46-34(17-9-21-43(46)51-42)30-24-26-41-37(28-30)36-16-7-8-20-40(36)50-41/h1-29,45,48H. The van der Waals surface area contributed by atoms with Crippen molar-refractivity contribution < 1.29 is 13.6 Å². The summed E-state index contributed by atoms with van der Waals surface area (Å²) in [6.07, 6.45) is 6.45. The van der Waals surface area contributed by atoms with Crippen LogP contribution in [-0.2, 0) is 0 Å². The Morgan fingerprint density at radius 3 is 1.90 bits per heavy atom. The molecule has 0 bridgehead atoms. The van der Waals surface area contributed by atoms with Crippen molar-refractivity contribution in [3.63, 3.8) is 0 Å². The van der Waals surface area contributed by atoms with Crippen LogP contribution in [0.2, 0.25) is 0 Å². The SMILES string of the molecule is C1=CC2Oc3cccc(-c4ccc5oc6cccc(-c7ccc8oc9ccccc9c8c7)c6c5c4)c3C2C(N(c2ccccc2)c2ccccc2)=C1. The van der Waals surface area contributed by atoms with Crippen LogP contribution in [0.4, 0.5) is 11.4 Å². The summed E-state index contributed by atoms with van der Waals surface area (Å²) < 4.78 is 19.4. The highest BCUT2D eigenvalue weighted by Gasteiger charge is 2.41. The van der Waals surface area contributed by atoms with E-state index in [-0.39, 0.29) is 12.0 Å². The molecule has 0 spiro atoms. The van der Waals surface area contributed by atoms with Gasteiger partial charge >= 0.3 is 0 Å². The third-order valence-corrected chi connectivity index (χ3v) is 10.6. The van der Waals surface area contributed by atoms with Crippen LogP contribution < -0.4 is 9.64 Å². The van der Waals surface area contributed by atoms with Gasteiger partial charge in [0.05, 0.1) is 5.92 Å². The Kier molecular flexibility index (Phi) is 6.34. The van der Waals surface area contributed by atoms with Crippen molar-refractivity contribution >= 4 is 55.3 Å². The molecule has 52 heavy (non-hydrogen) atoms. The minimum atomic E-state index is -0.120. The summed E-state index contributed by atoms with van der Waals surface area (Å²) in [5.74, 6) is 0.907. The first-order valence-corrected chi connectivity index (χ1v) is 17.7. The number of para-hydroxylation sites is 3. The Balaban J connectivity index is 1.07. The highest BCUT2D eigenvalue weighted by Crippen LogP contribution is 2.52. The van der Waals surface area contributed by atoms with Gasteiger partial charge in [0.15, 0.2) is 0 Å². The van der Waals surface area contributed by atoms with Gasteiger partial charge in [-0.1, -0.05) is 97.1 Å². The molecule has 7 aromatic carbocycles. The Labute approximate surface area is 300 Å². The number of benzene rings is 7. The number of furan rings is 2. The number of nitrogens with zero attached hydrogens (tertiary/aromatic N) is 1. The van der Waals surface area contributed by atoms with E-state index in [0.717, 1.165) is 83.3 Å². The first-order chi connectivity index (χ1) is 25.8. The number of hydrogen-bond acceptors (Lipinski definition) is 4. The second-order valence-electron chi connectivity index (χ2n) is 13.6. The van der Waals surface area contributed by atoms with Crippen molar-refractivity contribution in [2.45, 2.75) is 12.0 Å². The molecule has 1 aliphatic carbocycles. The fourth-order valence-electron chi connectivity index (χ4n) is 8.38. The summed E-state index contributed by atoms with van der Waals surface area (Å²) >= 11 is 0. The van der Waals surface area contributed by atoms with Gasteiger partial charge in [0, 0.05) is 44.2 Å². The molecule has 0 radical (unpaired) electrons. The molecular weight excluding hydrogens is 639 g/mol. The van der Waals surface area contributed by atoms with Crippen molar-refractivity contribution in [3.05, 3.63) is 187 Å². The maximum Gasteiger partial charge on any atom is 0.136 e. The van der Waals surface area contributed by atoms with E-state index in [4.69, 9.17) is 13.6 Å². The lowest BCUT2D eigenvalue weighted by Gasteiger charge is -2.34. The maximum absolute atomic E-state index is 6.72. The molecular formula is C48H31NO3. The molecule has 2 unspecified atom stereocenters. The molecule has 2 aliphatic rings. The normalized spacial score (nSPS) is 16.3. The molecule has 0 N–H and O–H groups in total. The van der Waals surface area contributed by atoms with Crippen LogP contribution in [0.1, 0.15) is 11.5 Å². The zero-order chi connectivity index (χ0) is 34.2. The number of rotatable bonds is 5. The third-order valence-electron chi connectivity index (χ3n) is 10.6. The van der Waals surface area contributed by atoms with E-state index in [1.807, 2.05) is 12.1 Å². The smallest absolute Gasteiger partial charge is 0.136 e. The van der Waals surface area contributed by atoms with Gasteiger partial charge in [-0.25, -0.2) is 0 Å². The van der Waals surface area contributed by atoms with E-state index in [0.29, 0.717) is 0 Å². The molecule has 11 rings (SSSR count). The van der Waals surface area contributed by atoms with E-state index >= 15 is 0 Å². The maximum atomic E-state index is 6.72. The number of ether oxygens (including phenoxy) is 1. The van der Waals surface area contributed by atoms with Gasteiger partial charge in [0.1, 0.15) is 34.2 Å². The molecule has 3 heterocycles. The summed E-state index contributed by atoms with van der Waals surface area (Å²) in [5, 5.41) is 4.42. The summed E-state index contributed by atoms with van der Waals surface area (Å²) in [7, 11) is 0. The van der Waals surface area contributed by atoms with Gasteiger partial charge in [0.2, 0.25) is 0 Å². The van der Waals surface area contributed by atoms with Crippen molar-refractivity contribution in [2.24, 2.45) is 0 Å². The van der Waals surface area contributed by atoms with E-state index in [9.17, 15) is 0 Å². The van der Waals surface area contributed by atoms with Gasteiger partial charge in [-0.2, -0.15) is 0 Å². The number of hydrogen-bond donors (Lipinski definition) is 0. The van der Waals surface area contributed by atoms with Crippen LogP contribution in [0.3, 0.4) is 0 Å². The largest absolute Gasteiger partial charge is 0.485 e. The van der Waals surface area contributed by atoms with Crippen molar-refractivity contribution in [1.29, 1.82) is 0 Å². The van der Waals surface area contributed by atoms with Gasteiger partial charge in [-0.05, 0) is 101 Å². The van der Waals surface area contributed by atoms with E-state index in [1.165, 1.54) is 11.3 Å². The first kappa shape index (κ1) is 29.0. The lowest BCUT2D eigenvalue weighted by molar-refractivity contribution is 0.264. The van der Waals surface area contributed by atoms with Gasteiger partial charge in [0.25, 0.3) is 0 Å². The second-order valence-corrected chi connectivity index (χ2v) is 13.6. The van der Waals surface area contributed by atoms with Gasteiger partial charge in [-0.3, -0.25) is 0 Å². The predicted molar refractivity (Wildman–Crippen MR) is 211 cm³/mol. The van der Waals surface area contributed by atoms with Crippen molar-refractivity contribution in [2.75, 3.05) is 4.90 Å². The second kappa shape index (κ2) is 11.4. The number of fused-ring (bicyclic) bond motifs is 9. The van der Waals surface area contributed by atoms with Crippen LogP contribution in [0.25, 0.3) is 66.1 Å². The summed E-state index contributed by atoms with van der Waals surface area (Å²) in [5.41, 5.74) is 12.7. The van der Waals surface area contributed by atoms with Gasteiger partial charge in [-0.15, -0.1) is 0 Å². The Morgan fingerprint density at radius 2 is 1.10 bits per heavy atom. The molecule has 2 aromatic heterocycles. The van der Waals surface area contributed by atoms with E-state index in [2.05, 4.69) is 169 Å². The molecule has 4 heteroatoms. The minimum absolute atomic E-state index is 0.0134. The summed E-state index contributed by atoms with van der Waals surface area (Å²) in [6, 6.07) is 55.3. The van der Waals surface area contributed by atoms with Gasteiger partial charge < -0.3 is 18.5 Å². The van der Waals surface area contributed by atoms with Crippen molar-refractivity contribution in [3.8, 4) is 28.0 Å². The lowest BCUT2D eigenvalue weighted by Crippen LogP contribution is -2.29. The topological polar surface area (TPSA) is 38.8 Å². The molecule has 246 valence electrons. The van der Waals surface area contributed by atoms with Crippen LogP contribution in [0.5, 0.6) is 5.75 Å². The predicted octanol–water partition coefficient (Wildman–Crippen LogP) is 13.0. The zero-order valence-electron chi connectivity index (χ0n) is 28.1. The molecule has 0 saturated heterocycles. The monoisotopic (exact) mass is 669 g/mol. The summed E-state index contributed by atoms with van der Waals surface area (Å²) in [4.78, 5) is 2.37. The average Bonchev–Trinajstić information content (AvgIpc) is 3.90. The van der Waals surface area contributed by atoms with Crippen molar-refractivity contribution in [1.82, 2.24) is 0 Å². The molecule has 9 aromatic rings. The lowest BCUT2D eigenvalue weighted by atomic mass is 9.83. The first-order valence-electron chi connectivity index (χ1n) is 17.7. The van der Waals surface area contributed by atoms with E-state index < -0.39 is 0 Å².